The minimum Gasteiger partial charge on any atom is -0.460 e. The van der Waals surface area contributed by atoms with E-state index in [0.29, 0.717) is 45.1 Å². The Morgan fingerprint density at radius 1 is 0.694 bits per heavy atom. The van der Waals surface area contributed by atoms with Crippen LogP contribution in [0.1, 0.15) is 27.4 Å². The van der Waals surface area contributed by atoms with Crippen LogP contribution in [0, 0.1) is 0 Å². The number of benzene rings is 3. The predicted octanol–water partition coefficient (Wildman–Crippen LogP) is 4.76. The van der Waals surface area contributed by atoms with Gasteiger partial charge in [0, 0.05) is 19.5 Å². The van der Waals surface area contributed by atoms with E-state index in [4.69, 9.17) is 18.9 Å². The number of hydrogen-bond acceptors (Lipinski definition) is 6. The maximum absolute atomic E-state index is 12.5. The van der Waals surface area contributed by atoms with Crippen molar-refractivity contribution in [1.29, 1.82) is 0 Å². The quantitative estimate of drug-likeness (QED) is 0.270. The van der Waals surface area contributed by atoms with Gasteiger partial charge in [-0.15, -0.1) is 0 Å². The molecule has 36 heavy (non-hydrogen) atoms. The van der Waals surface area contributed by atoms with Crippen molar-refractivity contribution >= 4 is 12.1 Å². The first-order chi connectivity index (χ1) is 17.6. The molecule has 0 unspecified atom stereocenters. The molecule has 1 amide bonds. The van der Waals surface area contributed by atoms with Crippen LogP contribution < -0.4 is 0 Å². The number of nitrogens with zero attached hydrogens (tertiary/aromatic N) is 1. The number of amides is 1. The van der Waals surface area contributed by atoms with Crippen molar-refractivity contribution < 1.29 is 28.5 Å². The predicted molar refractivity (Wildman–Crippen MR) is 136 cm³/mol. The molecule has 0 aromatic heterocycles. The number of esters is 1. The lowest BCUT2D eigenvalue weighted by Gasteiger charge is -2.19. The molecular formula is C29H31NO6. The van der Waals surface area contributed by atoms with Gasteiger partial charge in [0.25, 0.3) is 0 Å². The molecule has 7 nitrogen and oxygen atoms in total. The summed E-state index contributed by atoms with van der Waals surface area (Å²) >= 11 is 0. The zero-order valence-electron chi connectivity index (χ0n) is 20.4. The van der Waals surface area contributed by atoms with E-state index in [1.165, 1.54) is 27.2 Å². The van der Waals surface area contributed by atoms with Crippen molar-refractivity contribution in [2.24, 2.45) is 0 Å². The maximum atomic E-state index is 12.5. The van der Waals surface area contributed by atoms with Gasteiger partial charge in [-0.2, -0.15) is 0 Å². The van der Waals surface area contributed by atoms with Crippen molar-refractivity contribution in [1.82, 2.24) is 4.90 Å². The lowest BCUT2D eigenvalue weighted by Crippen LogP contribution is -2.32. The number of rotatable bonds is 12. The van der Waals surface area contributed by atoms with E-state index >= 15 is 0 Å². The molecule has 0 atom stereocenters. The summed E-state index contributed by atoms with van der Waals surface area (Å²) in [7, 11) is 1.69. The second-order valence-electron chi connectivity index (χ2n) is 8.45. The molecule has 0 saturated carbocycles. The fourth-order valence-electron chi connectivity index (χ4n) is 4.17. The smallest absolute Gasteiger partial charge is 0.409 e. The fourth-order valence-corrected chi connectivity index (χ4v) is 4.17. The Hall–Kier alpha value is -3.68. The highest BCUT2D eigenvalue weighted by Gasteiger charge is 2.29. The van der Waals surface area contributed by atoms with Gasteiger partial charge < -0.3 is 23.8 Å². The first-order valence-corrected chi connectivity index (χ1v) is 12.1. The second-order valence-corrected chi connectivity index (χ2v) is 8.45. The number of carbonyl (C=O) groups excluding carboxylic acids is 2. The topological polar surface area (TPSA) is 74.3 Å². The maximum Gasteiger partial charge on any atom is 0.409 e. The number of hydrogen-bond donors (Lipinski definition) is 0. The van der Waals surface area contributed by atoms with E-state index in [9.17, 15) is 9.59 Å². The highest BCUT2D eigenvalue weighted by Crippen LogP contribution is 2.44. The average Bonchev–Trinajstić information content (AvgIpc) is 3.24. The molecule has 0 aliphatic heterocycles. The van der Waals surface area contributed by atoms with E-state index in [2.05, 4.69) is 24.3 Å². The van der Waals surface area contributed by atoms with Crippen LogP contribution in [0.5, 0.6) is 0 Å². The molecule has 0 saturated heterocycles. The van der Waals surface area contributed by atoms with E-state index in [1.54, 1.807) is 31.3 Å². The largest absolute Gasteiger partial charge is 0.460 e. The summed E-state index contributed by atoms with van der Waals surface area (Å²) < 4.78 is 21.8. The van der Waals surface area contributed by atoms with Gasteiger partial charge >= 0.3 is 12.1 Å². The Balaban J connectivity index is 1.08. The summed E-state index contributed by atoms with van der Waals surface area (Å²) in [6.45, 7) is 2.29. The van der Waals surface area contributed by atoms with Gasteiger partial charge in [-0.05, 0) is 34.4 Å². The van der Waals surface area contributed by atoms with Gasteiger partial charge in [0.05, 0.1) is 32.0 Å². The molecule has 3 aromatic rings. The number of carbonyl (C=O) groups is 2. The third kappa shape index (κ3) is 6.50. The monoisotopic (exact) mass is 489 g/mol. The molecule has 0 radical (unpaired) electrons. The van der Waals surface area contributed by atoms with Crippen LogP contribution in [0.15, 0.2) is 78.9 Å². The van der Waals surface area contributed by atoms with E-state index < -0.39 is 0 Å². The zero-order chi connectivity index (χ0) is 25.2. The Morgan fingerprint density at radius 2 is 1.25 bits per heavy atom. The van der Waals surface area contributed by atoms with Gasteiger partial charge in [0.1, 0.15) is 13.2 Å². The molecule has 0 fully saturated rings. The first-order valence-electron chi connectivity index (χ1n) is 12.1. The fraction of sp³-hybridized carbons (Fsp3) is 0.310. The van der Waals surface area contributed by atoms with Crippen molar-refractivity contribution in [2.75, 3.05) is 53.2 Å². The van der Waals surface area contributed by atoms with Crippen LogP contribution >= 0.6 is 0 Å². The van der Waals surface area contributed by atoms with Gasteiger partial charge in [-0.1, -0.05) is 66.7 Å². The first kappa shape index (κ1) is 25.4. The molecule has 0 spiro atoms. The Morgan fingerprint density at radius 3 is 1.92 bits per heavy atom. The van der Waals surface area contributed by atoms with Gasteiger partial charge in [0.15, 0.2) is 0 Å². The third-order valence-electron chi connectivity index (χ3n) is 6.06. The molecule has 0 N–H and O–H groups in total. The summed E-state index contributed by atoms with van der Waals surface area (Å²) in [6, 6.07) is 25.3. The van der Waals surface area contributed by atoms with E-state index in [0.717, 1.165) is 0 Å². The molecule has 1 aliphatic carbocycles. The van der Waals surface area contributed by atoms with Crippen molar-refractivity contribution in [2.45, 2.75) is 5.92 Å². The molecule has 188 valence electrons. The van der Waals surface area contributed by atoms with E-state index in [1.807, 2.05) is 30.3 Å². The van der Waals surface area contributed by atoms with Crippen LogP contribution in [-0.2, 0) is 18.9 Å². The third-order valence-corrected chi connectivity index (χ3v) is 6.06. The average molecular weight is 490 g/mol. The van der Waals surface area contributed by atoms with Gasteiger partial charge in [-0.3, -0.25) is 0 Å². The molecule has 7 heteroatoms. The summed E-state index contributed by atoms with van der Waals surface area (Å²) in [4.78, 5) is 25.8. The van der Waals surface area contributed by atoms with Crippen molar-refractivity contribution in [3.8, 4) is 11.1 Å². The highest BCUT2D eigenvalue weighted by molar-refractivity contribution is 5.89. The summed E-state index contributed by atoms with van der Waals surface area (Å²) in [5.41, 5.74) is 5.29. The minimum atomic E-state index is -0.378. The van der Waals surface area contributed by atoms with Gasteiger partial charge in [0.2, 0.25) is 0 Å². The summed E-state index contributed by atoms with van der Waals surface area (Å²) in [6.07, 6.45) is -0.378. The van der Waals surface area contributed by atoms with E-state index in [-0.39, 0.29) is 24.6 Å². The summed E-state index contributed by atoms with van der Waals surface area (Å²) in [5, 5.41) is 0. The molecule has 0 heterocycles. The standard InChI is InChI=1S/C29H31NO6/c1-30(15-16-33-17-18-34-19-20-35-28(31)22-9-3-2-4-10-22)29(32)36-21-27-25-13-7-5-11-23(25)24-12-6-8-14-26(24)27/h2-14,27H,15-21H2,1H3. The number of ether oxygens (including phenoxy) is 4. The zero-order valence-corrected chi connectivity index (χ0v) is 20.4. The van der Waals surface area contributed by atoms with Crippen molar-refractivity contribution in [3.63, 3.8) is 0 Å². The number of likely N-dealkylation sites (N-methyl/N-ethyl adjacent to an activating group) is 1. The van der Waals surface area contributed by atoms with Crippen LogP contribution in [0.4, 0.5) is 4.79 Å². The van der Waals surface area contributed by atoms with Crippen LogP contribution in [-0.4, -0.2) is 70.2 Å². The van der Waals surface area contributed by atoms with Crippen LogP contribution in [0.3, 0.4) is 0 Å². The second kappa shape index (κ2) is 12.9. The van der Waals surface area contributed by atoms with Gasteiger partial charge in [-0.25, -0.2) is 9.59 Å². The lowest BCUT2D eigenvalue weighted by molar-refractivity contribution is 0.0119. The Kier molecular flexibility index (Phi) is 9.08. The molecule has 1 aliphatic rings. The molecular weight excluding hydrogens is 458 g/mol. The van der Waals surface area contributed by atoms with Crippen molar-refractivity contribution in [3.05, 3.63) is 95.6 Å². The summed E-state index contributed by atoms with van der Waals surface area (Å²) in [5.74, 6) is -0.332. The van der Waals surface area contributed by atoms with Crippen LogP contribution in [0.2, 0.25) is 0 Å². The lowest BCUT2D eigenvalue weighted by atomic mass is 9.98. The Bertz CT molecular complexity index is 1100. The Labute approximate surface area is 211 Å². The molecule has 4 rings (SSSR count). The molecule has 3 aromatic carbocycles. The minimum absolute atomic E-state index is 0.0371. The molecule has 0 bridgehead atoms. The van der Waals surface area contributed by atoms with Crippen LogP contribution in [0.25, 0.3) is 11.1 Å². The SMILES string of the molecule is CN(CCOCCOCCOC(=O)c1ccccc1)C(=O)OCC1c2ccccc2-c2ccccc21. The number of fused-ring (bicyclic) bond motifs is 3. The highest BCUT2D eigenvalue weighted by atomic mass is 16.6. The normalized spacial score (nSPS) is 12.0.